The predicted octanol–water partition coefficient (Wildman–Crippen LogP) is 3.60. The lowest BCUT2D eigenvalue weighted by Crippen LogP contribution is -2.48. The number of nitrogens with zero attached hydrogens (tertiary/aromatic N) is 5. The van der Waals surface area contributed by atoms with E-state index in [-0.39, 0.29) is 11.3 Å². The lowest BCUT2D eigenvalue weighted by atomic mass is 9.87. The third kappa shape index (κ3) is 6.97. The fourth-order valence-electron chi connectivity index (χ4n) is 5.12. The SMILES string of the molecule is CN(C(=O)CCc1nc(CN2CCN(S(=O)(=O)c3ccc(C(C)(C)C)cc3)CC2)no1)C1CCCCC1. The summed E-state index contributed by atoms with van der Waals surface area (Å²) in [6.07, 6.45) is 6.63. The molecule has 0 unspecified atom stereocenters. The first-order valence-corrected chi connectivity index (χ1v) is 14.9. The topological polar surface area (TPSA) is 99.9 Å². The molecular formula is C27H41N5O4S. The molecule has 2 aliphatic rings. The Morgan fingerprint density at radius 2 is 1.70 bits per heavy atom. The van der Waals surface area contributed by atoms with E-state index in [4.69, 9.17) is 4.52 Å². The standard InChI is InChI=1S/C27H41N5O4S/c1-27(2,3)21-10-12-23(13-11-21)37(34,35)32-18-16-31(17-19-32)20-24-28-25(36-29-24)14-15-26(33)30(4)22-8-6-5-7-9-22/h10-13,22H,5-9,14-20H2,1-4H3. The fraction of sp³-hybridized carbons (Fsp3) is 0.667. The van der Waals surface area contributed by atoms with E-state index in [2.05, 4.69) is 35.8 Å². The second-order valence-corrected chi connectivity index (χ2v) is 13.3. The van der Waals surface area contributed by atoms with Crippen molar-refractivity contribution >= 4 is 15.9 Å². The molecule has 0 spiro atoms. The van der Waals surface area contributed by atoms with Gasteiger partial charge < -0.3 is 9.42 Å². The van der Waals surface area contributed by atoms with Gasteiger partial charge in [-0.25, -0.2) is 8.42 Å². The van der Waals surface area contributed by atoms with Gasteiger partial charge >= 0.3 is 0 Å². The number of rotatable bonds is 8. The molecule has 2 aromatic rings. The zero-order chi connectivity index (χ0) is 26.6. The Hall–Kier alpha value is -2.30. The smallest absolute Gasteiger partial charge is 0.243 e. The molecule has 1 saturated heterocycles. The second-order valence-electron chi connectivity index (χ2n) is 11.4. The lowest BCUT2D eigenvalue weighted by molar-refractivity contribution is -0.132. The number of benzene rings is 1. The number of carbonyl (C=O) groups is 1. The highest BCUT2D eigenvalue weighted by atomic mass is 32.2. The van der Waals surface area contributed by atoms with Crippen molar-refractivity contribution in [2.45, 2.75) is 88.6 Å². The quantitative estimate of drug-likeness (QED) is 0.513. The normalized spacial score (nSPS) is 18.7. The number of aryl methyl sites for hydroxylation is 1. The average molecular weight is 532 g/mol. The molecule has 2 heterocycles. The highest BCUT2D eigenvalue weighted by Gasteiger charge is 2.29. The van der Waals surface area contributed by atoms with Crippen molar-refractivity contribution in [1.29, 1.82) is 0 Å². The van der Waals surface area contributed by atoms with Gasteiger partial charge in [0, 0.05) is 52.1 Å². The molecule has 37 heavy (non-hydrogen) atoms. The van der Waals surface area contributed by atoms with Crippen LogP contribution in [0.1, 0.15) is 76.6 Å². The predicted molar refractivity (Wildman–Crippen MR) is 141 cm³/mol. The Morgan fingerprint density at radius 1 is 1.05 bits per heavy atom. The van der Waals surface area contributed by atoms with Crippen molar-refractivity contribution in [3.05, 3.63) is 41.5 Å². The fourth-order valence-corrected chi connectivity index (χ4v) is 6.54. The van der Waals surface area contributed by atoms with Gasteiger partial charge in [0.25, 0.3) is 0 Å². The summed E-state index contributed by atoms with van der Waals surface area (Å²) in [5.41, 5.74) is 1.08. The summed E-state index contributed by atoms with van der Waals surface area (Å²) in [4.78, 5) is 21.4. The number of hydrogen-bond donors (Lipinski definition) is 0. The Morgan fingerprint density at radius 3 is 2.32 bits per heavy atom. The zero-order valence-electron chi connectivity index (χ0n) is 22.6. The summed E-state index contributed by atoms with van der Waals surface area (Å²) in [5, 5.41) is 4.08. The summed E-state index contributed by atoms with van der Waals surface area (Å²) in [7, 11) is -1.63. The van der Waals surface area contributed by atoms with Crippen molar-refractivity contribution in [3.63, 3.8) is 0 Å². The molecule has 0 atom stereocenters. The lowest BCUT2D eigenvalue weighted by Gasteiger charge is -2.33. The molecule has 204 valence electrons. The summed E-state index contributed by atoms with van der Waals surface area (Å²) in [6.45, 7) is 8.83. The molecule has 1 aliphatic carbocycles. The summed E-state index contributed by atoms with van der Waals surface area (Å²) >= 11 is 0. The molecule has 0 bridgehead atoms. The van der Waals surface area contributed by atoms with E-state index in [1.54, 1.807) is 16.4 Å². The second kappa shape index (κ2) is 11.6. The number of carbonyl (C=O) groups excluding carboxylic acids is 1. The van der Waals surface area contributed by atoms with Crippen molar-refractivity contribution in [1.82, 2.24) is 24.2 Å². The summed E-state index contributed by atoms with van der Waals surface area (Å²) in [6, 6.07) is 7.57. The van der Waals surface area contributed by atoms with E-state index in [0.717, 1.165) is 18.4 Å². The van der Waals surface area contributed by atoms with Crippen LogP contribution in [0.5, 0.6) is 0 Å². The number of sulfonamides is 1. The molecule has 10 heteroatoms. The first-order valence-electron chi connectivity index (χ1n) is 13.4. The van der Waals surface area contributed by atoms with E-state index in [9.17, 15) is 13.2 Å². The third-order valence-electron chi connectivity index (χ3n) is 7.63. The monoisotopic (exact) mass is 531 g/mol. The van der Waals surface area contributed by atoms with Crippen LogP contribution in [0.4, 0.5) is 0 Å². The van der Waals surface area contributed by atoms with Gasteiger partial charge in [0.1, 0.15) is 0 Å². The van der Waals surface area contributed by atoms with Crippen molar-refractivity contribution in [2.24, 2.45) is 0 Å². The number of aromatic nitrogens is 2. The Bertz CT molecular complexity index is 1140. The molecule has 4 rings (SSSR count). The van der Waals surface area contributed by atoms with Crippen LogP contribution in [0.15, 0.2) is 33.7 Å². The van der Waals surface area contributed by atoms with Crippen LogP contribution in [0, 0.1) is 0 Å². The van der Waals surface area contributed by atoms with Gasteiger partial charge in [-0.15, -0.1) is 0 Å². The molecule has 9 nitrogen and oxygen atoms in total. The van der Waals surface area contributed by atoms with Crippen LogP contribution in [0.3, 0.4) is 0 Å². The van der Waals surface area contributed by atoms with Crippen molar-refractivity contribution in [3.8, 4) is 0 Å². The van der Waals surface area contributed by atoms with Gasteiger partial charge in [-0.3, -0.25) is 9.69 Å². The van der Waals surface area contributed by atoms with E-state index < -0.39 is 10.0 Å². The van der Waals surface area contributed by atoms with Crippen LogP contribution < -0.4 is 0 Å². The van der Waals surface area contributed by atoms with Crippen LogP contribution in [0.25, 0.3) is 0 Å². The van der Waals surface area contributed by atoms with E-state index in [1.807, 2.05) is 24.1 Å². The maximum absolute atomic E-state index is 13.1. The Balaban J connectivity index is 1.24. The van der Waals surface area contributed by atoms with E-state index in [1.165, 1.54) is 19.3 Å². The first-order chi connectivity index (χ1) is 17.5. The van der Waals surface area contributed by atoms with Crippen LogP contribution in [-0.4, -0.2) is 77.8 Å². The number of hydrogen-bond acceptors (Lipinski definition) is 7. The van der Waals surface area contributed by atoms with E-state index in [0.29, 0.717) is 68.2 Å². The molecule has 0 N–H and O–H groups in total. The Labute approximate surface area is 221 Å². The van der Waals surface area contributed by atoms with E-state index >= 15 is 0 Å². The van der Waals surface area contributed by atoms with Gasteiger partial charge in [-0.2, -0.15) is 9.29 Å². The molecule has 0 radical (unpaired) electrons. The van der Waals surface area contributed by atoms with Gasteiger partial charge in [-0.05, 0) is 36.0 Å². The molecule has 1 saturated carbocycles. The molecular weight excluding hydrogens is 490 g/mol. The zero-order valence-corrected chi connectivity index (χ0v) is 23.5. The number of amides is 1. The van der Waals surface area contributed by atoms with Crippen molar-refractivity contribution in [2.75, 3.05) is 33.2 Å². The third-order valence-corrected chi connectivity index (χ3v) is 9.55. The molecule has 1 aromatic heterocycles. The van der Waals surface area contributed by atoms with Crippen LogP contribution >= 0.6 is 0 Å². The minimum absolute atomic E-state index is 0.0241. The minimum Gasteiger partial charge on any atom is -0.343 e. The number of piperazine rings is 1. The van der Waals surface area contributed by atoms with Crippen molar-refractivity contribution < 1.29 is 17.7 Å². The highest BCUT2D eigenvalue weighted by Crippen LogP contribution is 2.25. The largest absolute Gasteiger partial charge is 0.343 e. The maximum Gasteiger partial charge on any atom is 0.243 e. The van der Waals surface area contributed by atoms with Crippen LogP contribution in [-0.2, 0) is 33.2 Å². The molecule has 2 fully saturated rings. The summed E-state index contributed by atoms with van der Waals surface area (Å²) < 4.78 is 33.2. The van der Waals surface area contributed by atoms with Gasteiger partial charge in [0.15, 0.2) is 5.82 Å². The molecule has 1 aliphatic heterocycles. The van der Waals surface area contributed by atoms with Gasteiger partial charge in [0.2, 0.25) is 21.8 Å². The highest BCUT2D eigenvalue weighted by molar-refractivity contribution is 7.89. The summed E-state index contributed by atoms with van der Waals surface area (Å²) in [5.74, 6) is 1.16. The molecule has 1 aromatic carbocycles. The van der Waals surface area contributed by atoms with Crippen LogP contribution in [0.2, 0.25) is 0 Å². The maximum atomic E-state index is 13.1. The van der Waals surface area contributed by atoms with Gasteiger partial charge in [-0.1, -0.05) is 57.3 Å². The average Bonchev–Trinajstić information content (AvgIpc) is 3.34. The molecule has 1 amide bonds. The minimum atomic E-state index is -3.53. The Kier molecular flexibility index (Phi) is 8.70. The first kappa shape index (κ1) is 27.7. The van der Waals surface area contributed by atoms with Gasteiger partial charge in [0.05, 0.1) is 11.4 Å².